The normalized spacial score (nSPS) is 19.9. The van der Waals surface area contributed by atoms with Gasteiger partial charge >= 0.3 is 6.09 Å². The number of carbonyl (C=O) groups excluding carboxylic acids is 1. The van der Waals surface area contributed by atoms with Gasteiger partial charge < -0.3 is 20.5 Å². The molecule has 1 saturated heterocycles. The van der Waals surface area contributed by atoms with E-state index in [1.165, 1.54) is 0 Å². The van der Waals surface area contributed by atoms with Gasteiger partial charge in [-0.3, -0.25) is 0 Å². The summed E-state index contributed by atoms with van der Waals surface area (Å²) < 4.78 is 5.21. The summed E-state index contributed by atoms with van der Waals surface area (Å²) in [7, 11) is 0. The van der Waals surface area contributed by atoms with E-state index in [9.17, 15) is 9.90 Å². The van der Waals surface area contributed by atoms with Crippen molar-refractivity contribution in [3.05, 3.63) is 0 Å². The lowest BCUT2D eigenvalue weighted by molar-refractivity contribution is -0.0281. The monoisotopic (exact) mass is 252 g/mol. The molecule has 0 aromatic rings. The van der Waals surface area contributed by atoms with Gasteiger partial charge in [-0.25, -0.2) is 4.79 Å². The first-order valence-electron chi connectivity index (χ1n) is 5.19. The van der Waals surface area contributed by atoms with Gasteiger partial charge in [0, 0.05) is 25.9 Å². The Morgan fingerprint density at radius 2 is 1.81 bits per heavy atom. The van der Waals surface area contributed by atoms with Crippen LogP contribution < -0.4 is 5.73 Å². The van der Waals surface area contributed by atoms with Gasteiger partial charge in [0.1, 0.15) is 11.3 Å². The molecule has 0 aliphatic carbocycles. The standard InChI is InChI=1S/C10H20N2O3.ClH/c1-9(2,3)15-8(13)12-6-4-10(11,14)5-7-12;/h14H,4-7,11H2,1-3H3;1H. The second kappa shape index (κ2) is 5.21. The van der Waals surface area contributed by atoms with Crippen LogP contribution in [0.5, 0.6) is 0 Å². The number of piperidine rings is 1. The van der Waals surface area contributed by atoms with Crippen LogP contribution in [0.25, 0.3) is 0 Å². The second-order valence-corrected chi connectivity index (χ2v) is 5.07. The number of hydrogen-bond donors (Lipinski definition) is 2. The van der Waals surface area contributed by atoms with E-state index in [0.29, 0.717) is 25.9 Å². The maximum Gasteiger partial charge on any atom is 0.410 e. The van der Waals surface area contributed by atoms with Crippen molar-refractivity contribution < 1.29 is 14.6 Å². The fourth-order valence-electron chi connectivity index (χ4n) is 1.40. The molecule has 0 saturated carbocycles. The molecule has 96 valence electrons. The number of hydrogen-bond acceptors (Lipinski definition) is 4. The lowest BCUT2D eigenvalue weighted by Gasteiger charge is -2.36. The molecule has 1 aliphatic rings. The summed E-state index contributed by atoms with van der Waals surface area (Å²) in [5, 5.41) is 9.51. The lowest BCUT2D eigenvalue weighted by Crippen LogP contribution is -2.52. The number of ether oxygens (including phenoxy) is 1. The van der Waals surface area contributed by atoms with Gasteiger partial charge in [-0.2, -0.15) is 0 Å². The number of nitrogens with zero attached hydrogens (tertiary/aromatic N) is 1. The molecule has 1 heterocycles. The fourth-order valence-corrected chi connectivity index (χ4v) is 1.40. The Bertz CT molecular complexity index is 241. The van der Waals surface area contributed by atoms with E-state index in [0.717, 1.165) is 0 Å². The number of rotatable bonds is 0. The Morgan fingerprint density at radius 3 is 2.19 bits per heavy atom. The van der Waals surface area contributed by atoms with Crippen LogP contribution in [0.15, 0.2) is 0 Å². The average Bonchev–Trinajstić information content (AvgIpc) is 2.00. The molecule has 1 aliphatic heterocycles. The quantitative estimate of drug-likeness (QED) is 0.633. The van der Waals surface area contributed by atoms with E-state index in [1.54, 1.807) is 4.90 Å². The highest BCUT2D eigenvalue weighted by Crippen LogP contribution is 2.18. The van der Waals surface area contributed by atoms with Crippen LogP contribution >= 0.6 is 12.4 Å². The lowest BCUT2D eigenvalue weighted by atomic mass is 10.0. The largest absolute Gasteiger partial charge is 0.444 e. The zero-order valence-electron chi connectivity index (χ0n) is 10.0. The average molecular weight is 253 g/mol. The van der Waals surface area contributed by atoms with Crippen LogP contribution in [-0.4, -0.2) is 40.5 Å². The highest BCUT2D eigenvalue weighted by molar-refractivity contribution is 5.85. The first kappa shape index (κ1) is 15.5. The van der Waals surface area contributed by atoms with Gasteiger partial charge in [0.25, 0.3) is 0 Å². The Balaban J connectivity index is 0.00000225. The molecule has 6 heteroatoms. The minimum atomic E-state index is -1.13. The number of nitrogens with two attached hydrogens (primary N) is 1. The van der Waals surface area contributed by atoms with Gasteiger partial charge in [-0.1, -0.05) is 0 Å². The van der Waals surface area contributed by atoms with E-state index in [1.807, 2.05) is 20.8 Å². The molecule has 0 radical (unpaired) electrons. The van der Waals surface area contributed by atoms with Crippen LogP contribution in [-0.2, 0) is 4.74 Å². The van der Waals surface area contributed by atoms with Crippen molar-refractivity contribution in [2.75, 3.05) is 13.1 Å². The summed E-state index contributed by atoms with van der Waals surface area (Å²) >= 11 is 0. The van der Waals surface area contributed by atoms with Crippen molar-refractivity contribution >= 4 is 18.5 Å². The topological polar surface area (TPSA) is 75.8 Å². The summed E-state index contributed by atoms with van der Waals surface area (Å²) in [6.07, 6.45) is 0.455. The maximum atomic E-state index is 11.6. The SMILES string of the molecule is CC(C)(C)OC(=O)N1CCC(N)(O)CC1.Cl. The van der Waals surface area contributed by atoms with Gasteiger partial charge in [0.2, 0.25) is 0 Å². The summed E-state index contributed by atoms with van der Waals surface area (Å²) in [6.45, 7) is 6.38. The number of carbonyl (C=O) groups is 1. The summed E-state index contributed by atoms with van der Waals surface area (Å²) in [4.78, 5) is 13.2. The van der Waals surface area contributed by atoms with Crippen molar-refractivity contribution in [3.63, 3.8) is 0 Å². The molecule has 0 atom stereocenters. The molecule has 0 bridgehead atoms. The summed E-state index contributed by atoms with van der Waals surface area (Å²) in [6, 6.07) is 0. The van der Waals surface area contributed by atoms with E-state index >= 15 is 0 Å². The van der Waals surface area contributed by atoms with E-state index in [4.69, 9.17) is 10.5 Å². The Morgan fingerprint density at radius 1 is 1.38 bits per heavy atom. The van der Waals surface area contributed by atoms with Crippen LogP contribution in [0.1, 0.15) is 33.6 Å². The molecule has 1 amide bonds. The smallest absolute Gasteiger partial charge is 0.410 e. The molecule has 0 spiro atoms. The fraction of sp³-hybridized carbons (Fsp3) is 0.900. The molecule has 0 unspecified atom stereocenters. The van der Waals surface area contributed by atoms with Crippen LogP contribution in [0.2, 0.25) is 0 Å². The first-order chi connectivity index (χ1) is 6.70. The Labute approximate surface area is 102 Å². The molecular formula is C10H21ClN2O3. The highest BCUT2D eigenvalue weighted by Gasteiger charge is 2.32. The Kier molecular flexibility index (Phi) is 5.04. The Hall–Kier alpha value is -0.520. The third-order valence-electron chi connectivity index (χ3n) is 2.28. The van der Waals surface area contributed by atoms with Crippen molar-refractivity contribution in [2.45, 2.75) is 44.9 Å². The minimum absolute atomic E-state index is 0. The molecule has 0 aromatic heterocycles. The van der Waals surface area contributed by atoms with Crippen molar-refractivity contribution in [1.82, 2.24) is 4.90 Å². The van der Waals surface area contributed by atoms with Crippen molar-refractivity contribution in [3.8, 4) is 0 Å². The molecule has 0 aromatic carbocycles. The second-order valence-electron chi connectivity index (χ2n) is 5.07. The van der Waals surface area contributed by atoms with E-state index < -0.39 is 11.3 Å². The van der Waals surface area contributed by atoms with E-state index in [2.05, 4.69) is 0 Å². The number of halogens is 1. The molecular weight excluding hydrogens is 232 g/mol. The van der Waals surface area contributed by atoms with Crippen molar-refractivity contribution in [2.24, 2.45) is 5.73 Å². The van der Waals surface area contributed by atoms with Crippen molar-refractivity contribution in [1.29, 1.82) is 0 Å². The summed E-state index contributed by atoms with van der Waals surface area (Å²) in [5.41, 5.74) is 3.94. The van der Waals surface area contributed by atoms with Gasteiger partial charge in [-0.05, 0) is 20.8 Å². The minimum Gasteiger partial charge on any atom is -0.444 e. The van der Waals surface area contributed by atoms with Crippen LogP contribution in [0, 0.1) is 0 Å². The molecule has 16 heavy (non-hydrogen) atoms. The predicted octanol–water partition coefficient (Wildman–Crippen LogP) is 1.09. The highest BCUT2D eigenvalue weighted by atomic mass is 35.5. The number of aliphatic hydroxyl groups is 1. The predicted molar refractivity (Wildman–Crippen MR) is 63.4 cm³/mol. The molecule has 3 N–H and O–H groups in total. The van der Waals surface area contributed by atoms with Crippen LogP contribution in [0.3, 0.4) is 0 Å². The third-order valence-corrected chi connectivity index (χ3v) is 2.28. The maximum absolute atomic E-state index is 11.6. The zero-order chi connectivity index (χ0) is 11.7. The van der Waals surface area contributed by atoms with Gasteiger partial charge in [-0.15, -0.1) is 12.4 Å². The summed E-state index contributed by atoms with van der Waals surface area (Å²) in [5.74, 6) is 0. The first-order valence-corrected chi connectivity index (χ1v) is 5.19. The number of likely N-dealkylation sites (tertiary alicyclic amines) is 1. The van der Waals surface area contributed by atoms with E-state index in [-0.39, 0.29) is 18.5 Å². The van der Waals surface area contributed by atoms with Gasteiger partial charge in [0.05, 0.1) is 0 Å². The molecule has 1 fully saturated rings. The molecule has 1 rings (SSSR count). The molecule has 5 nitrogen and oxygen atoms in total. The van der Waals surface area contributed by atoms with Gasteiger partial charge in [0.15, 0.2) is 0 Å². The zero-order valence-corrected chi connectivity index (χ0v) is 10.8. The third kappa shape index (κ3) is 5.01. The van der Waals surface area contributed by atoms with Crippen LogP contribution in [0.4, 0.5) is 4.79 Å². The number of amides is 1.